The van der Waals surface area contributed by atoms with Crippen molar-refractivity contribution in [2.45, 2.75) is 20.5 Å². The number of rotatable bonds is 6. The zero-order valence-corrected chi connectivity index (χ0v) is 15.1. The topological polar surface area (TPSA) is 38.9 Å². The minimum atomic E-state index is -0.281. The Kier molecular flexibility index (Phi) is 5.35. The van der Waals surface area contributed by atoms with Crippen LogP contribution in [0.4, 0.5) is 4.39 Å². The van der Waals surface area contributed by atoms with Crippen LogP contribution < -0.4 is 0 Å². The van der Waals surface area contributed by atoms with Crippen molar-refractivity contribution in [3.8, 4) is 17.1 Å². The highest BCUT2D eigenvalue weighted by atomic mass is 32.1. The van der Waals surface area contributed by atoms with Crippen LogP contribution >= 0.6 is 12.2 Å². The lowest BCUT2D eigenvalue weighted by molar-refractivity contribution is 0.227. The number of pyridine rings is 1. The van der Waals surface area contributed by atoms with E-state index in [1.807, 2.05) is 16.7 Å². The molecule has 0 unspecified atom stereocenters. The zero-order valence-electron chi connectivity index (χ0n) is 14.3. The van der Waals surface area contributed by atoms with E-state index in [0.29, 0.717) is 17.3 Å². The highest BCUT2D eigenvalue weighted by Gasteiger charge is 2.15. The lowest BCUT2D eigenvalue weighted by atomic mass is 10.2. The number of nitrogens with zero attached hydrogens (tertiary/aromatic N) is 5. The number of benzene rings is 1. The van der Waals surface area contributed by atoms with Gasteiger partial charge in [0.1, 0.15) is 5.82 Å². The van der Waals surface area contributed by atoms with Gasteiger partial charge >= 0.3 is 0 Å². The predicted octanol–water partition coefficient (Wildman–Crippen LogP) is 3.90. The molecule has 3 rings (SSSR count). The monoisotopic (exact) mass is 357 g/mol. The van der Waals surface area contributed by atoms with Gasteiger partial charge in [0.25, 0.3) is 0 Å². The fraction of sp³-hybridized carbons (Fsp3) is 0.278. The van der Waals surface area contributed by atoms with Crippen LogP contribution in [-0.2, 0) is 6.67 Å². The molecule has 0 amide bonds. The summed E-state index contributed by atoms with van der Waals surface area (Å²) >= 11 is 5.67. The molecule has 0 radical (unpaired) electrons. The van der Waals surface area contributed by atoms with Crippen LogP contribution in [0.2, 0.25) is 0 Å². The van der Waals surface area contributed by atoms with E-state index in [1.54, 1.807) is 29.2 Å². The van der Waals surface area contributed by atoms with Crippen LogP contribution in [0.3, 0.4) is 0 Å². The zero-order chi connectivity index (χ0) is 17.8. The fourth-order valence-electron chi connectivity index (χ4n) is 2.62. The van der Waals surface area contributed by atoms with E-state index < -0.39 is 0 Å². The van der Waals surface area contributed by atoms with E-state index in [-0.39, 0.29) is 5.82 Å². The van der Waals surface area contributed by atoms with E-state index in [0.717, 1.165) is 24.3 Å². The molecular weight excluding hydrogens is 337 g/mol. The summed E-state index contributed by atoms with van der Waals surface area (Å²) in [7, 11) is 0. The second kappa shape index (κ2) is 7.67. The van der Waals surface area contributed by atoms with Gasteiger partial charge in [-0.15, -0.1) is 5.10 Å². The maximum Gasteiger partial charge on any atom is 0.204 e. The van der Waals surface area contributed by atoms with E-state index in [2.05, 4.69) is 23.7 Å². The van der Waals surface area contributed by atoms with E-state index >= 15 is 0 Å². The van der Waals surface area contributed by atoms with Crippen molar-refractivity contribution < 1.29 is 4.39 Å². The first-order valence-corrected chi connectivity index (χ1v) is 8.63. The van der Waals surface area contributed by atoms with E-state index in [9.17, 15) is 4.39 Å². The molecule has 0 saturated carbocycles. The summed E-state index contributed by atoms with van der Waals surface area (Å²) in [6, 6.07) is 10.0. The van der Waals surface area contributed by atoms with Gasteiger partial charge in [-0.3, -0.25) is 14.5 Å². The van der Waals surface area contributed by atoms with Crippen LogP contribution in [0.15, 0.2) is 48.8 Å². The molecule has 0 aliphatic rings. The summed E-state index contributed by atoms with van der Waals surface area (Å²) < 4.78 is 17.6. The lowest BCUT2D eigenvalue weighted by Crippen LogP contribution is -2.26. The molecule has 2 aromatic heterocycles. The van der Waals surface area contributed by atoms with Gasteiger partial charge in [0.15, 0.2) is 5.82 Å². The summed E-state index contributed by atoms with van der Waals surface area (Å²) in [4.78, 5) is 6.29. The molecule has 2 heterocycles. The van der Waals surface area contributed by atoms with Gasteiger partial charge in [-0.25, -0.2) is 9.07 Å². The van der Waals surface area contributed by atoms with Crippen LogP contribution in [0.1, 0.15) is 13.8 Å². The highest BCUT2D eigenvalue weighted by Crippen LogP contribution is 2.22. The van der Waals surface area contributed by atoms with E-state index in [1.165, 1.54) is 12.1 Å². The molecule has 0 atom stereocenters. The number of halogens is 1. The molecule has 25 heavy (non-hydrogen) atoms. The summed E-state index contributed by atoms with van der Waals surface area (Å²) in [5, 5.41) is 4.73. The minimum absolute atomic E-state index is 0.281. The smallest absolute Gasteiger partial charge is 0.204 e. The van der Waals surface area contributed by atoms with Gasteiger partial charge in [0.2, 0.25) is 4.77 Å². The van der Waals surface area contributed by atoms with Crippen molar-refractivity contribution in [1.82, 2.24) is 24.2 Å². The molecular formula is C18H20FN5S. The molecule has 130 valence electrons. The van der Waals surface area contributed by atoms with Crippen LogP contribution in [0.25, 0.3) is 17.1 Å². The lowest BCUT2D eigenvalue weighted by Gasteiger charge is -2.17. The Hall–Kier alpha value is -2.38. The molecule has 0 aliphatic heterocycles. The quantitative estimate of drug-likeness (QED) is 0.627. The Morgan fingerprint density at radius 3 is 2.28 bits per heavy atom. The summed E-state index contributed by atoms with van der Waals surface area (Å²) in [5.41, 5.74) is 1.69. The van der Waals surface area contributed by atoms with Crippen molar-refractivity contribution in [2.75, 3.05) is 13.1 Å². The van der Waals surface area contributed by atoms with Crippen molar-refractivity contribution in [3.05, 3.63) is 59.4 Å². The first kappa shape index (κ1) is 17.4. The molecule has 7 heteroatoms. The maximum absolute atomic E-state index is 13.3. The molecule has 0 fully saturated rings. The van der Waals surface area contributed by atoms with Crippen LogP contribution in [-0.4, -0.2) is 37.3 Å². The van der Waals surface area contributed by atoms with Crippen molar-refractivity contribution >= 4 is 12.2 Å². The Morgan fingerprint density at radius 2 is 1.68 bits per heavy atom. The van der Waals surface area contributed by atoms with Crippen molar-refractivity contribution in [1.29, 1.82) is 0 Å². The van der Waals surface area contributed by atoms with Gasteiger partial charge < -0.3 is 0 Å². The molecule has 0 spiro atoms. The van der Waals surface area contributed by atoms with Gasteiger partial charge in [-0.1, -0.05) is 13.8 Å². The highest BCUT2D eigenvalue weighted by molar-refractivity contribution is 7.71. The third-order valence-electron chi connectivity index (χ3n) is 4.09. The number of hydrogen-bond acceptors (Lipinski definition) is 4. The largest absolute Gasteiger partial charge is 0.285 e. The summed E-state index contributed by atoms with van der Waals surface area (Å²) in [6.07, 6.45) is 3.44. The summed E-state index contributed by atoms with van der Waals surface area (Å²) in [6.45, 7) is 6.64. The summed E-state index contributed by atoms with van der Waals surface area (Å²) in [5.74, 6) is 0.433. The second-order valence-electron chi connectivity index (χ2n) is 5.60. The Bertz CT molecular complexity index is 882. The third-order valence-corrected chi connectivity index (χ3v) is 4.48. The normalized spacial score (nSPS) is 11.2. The standard InChI is InChI=1S/C18H20FN5S/c1-3-22(4-2)13-23-18(25)24(16-7-5-15(19)6-8-16)17(21-23)14-9-11-20-12-10-14/h5-12H,3-4,13H2,1-2H3. The molecule has 0 aliphatic carbocycles. The SMILES string of the molecule is CCN(CC)Cn1nc(-c2ccncc2)n(-c2ccc(F)cc2)c1=S. The second-order valence-corrected chi connectivity index (χ2v) is 5.96. The van der Waals surface area contributed by atoms with Gasteiger partial charge in [0.05, 0.1) is 12.4 Å². The van der Waals surface area contributed by atoms with Crippen LogP contribution in [0, 0.1) is 10.6 Å². The average Bonchev–Trinajstić information content (AvgIpc) is 2.97. The number of hydrogen-bond donors (Lipinski definition) is 0. The maximum atomic E-state index is 13.3. The first-order valence-electron chi connectivity index (χ1n) is 8.22. The Balaban J connectivity index is 2.15. The fourth-order valence-corrected chi connectivity index (χ4v) is 2.91. The molecule has 3 aromatic rings. The van der Waals surface area contributed by atoms with Gasteiger partial charge in [0, 0.05) is 18.0 Å². The van der Waals surface area contributed by atoms with Crippen LogP contribution in [0.5, 0.6) is 0 Å². The van der Waals surface area contributed by atoms with Gasteiger partial charge in [-0.05, 0) is 61.7 Å². The predicted molar refractivity (Wildman–Crippen MR) is 98.5 cm³/mol. The van der Waals surface area contributed by atoms with Crippen molar-refractivity contribution in [2.24, 2.45) is 0 Å². The Labute approximate surface area is 151 Å². The molecule has 1 aromatic carbocycles. The molecule has 5 nitrogen and oxygen atoms in total. The van der Waals surface area contributed by atoms with Crippen molar-refractivity contribution in [3.63, 3.8) is 0 Å². The molecule has 0 bridgehead atoms. The third kappa shape index (κ3) is 3.67. The Morgan fingerprint density at radius 1 is 1.04 bits per heavy atom. The minimum Gasteiger partial charge on any atom is -0.285 e. The molecule has 0 saturated heterocycles. The number of aromatic nitrogens is 4. The first-order chi connectivity index (χ1) is 12.1. The van der Waals surface area contributed by atoms with Gasteiger partial charge in [-0.2, -0.15) is 0 Å². The van der Waals surface area contributed by atoms with E-state index in [4.69, 9.17) is 17.3 Å². The average molecular weight is 357 g/mol. The molecule has 0 N–H and O–H groups in total.